The number of rotatable bonds is 10. The molecule has 0 N–H and O–H groups in total. The monoisotopic (exact) mass is 931 g/mol. The van der Waals surface area contributed by atoms with Gasteiger partial charge >= 0.3 is 0 Å². The quantitative estimate of drug-likeness (QED) is 0.137. The van der Waals surface area contributed by atoms with Crippen molar-refractivity contribution in [3.63, 3.8) is 0 Å². The van der Waals surface area contributed by atoms with Crippen molar-refractivity contribution in [2.75, 3.05) is 0 Å². The lowest BCUT2D eigenvalue weighted by Gasteiger charge is -2.19. The number of hydrogen-bond donors (Lipinski definition) is 0. The Balaban J connectivity index is 1.02. The van der Waals surface area contributed by atoms with E-state index in [4.69, 9.17) is 9.40 Å². The van der Waals surface area contributed by atoms with E-state index >= 15 is 0 Å². The fraction of sp³-hybridized carbons (Fsp3) is 0. The summed E-state index contributed by atoms with van der Waals surface area (Å²) in [5.41, 5.74) is 23.5. The van der Waals surface area contributed by atoms with Crippen LogP contribution in [0.2, 0.25) is 0 Å². The van der Waals surface area contributed by atoms with Crippen LogP contribution in [-0.4, -0.2) is 15.0 Å². The van der Waals surface area contributed by atoms with E-state index in [2.05, 4.69) is 222 Å². The highest BCUT2D eigenvalue weighted by atomic mass is 16.3. The summed E-state index contributed by atoms with van der Waals surface area (Å²) in [5, 5.41) is 2.18. The normalized spacial score (nSPS) is 11.3. The van der Waals surface area contributed by atoms with Gasteiger partial charge in [-0.3, -0.25) is 15.0 Å². The van der Waals surface area contributed by atoms with Gasteiger partial charge in [-0.25, -0.2) is 0 Å². The van der Waals surface area contributed by atoms with Crippen molar-refractivity contribution in [2.45, 2.75) is 0 Å². The van der Waals surface area contributed by atoms with Crippen LogP contribution in [0.5, 0.6) is 0 Å². The standard InChI is InChI=1S/C69H45N3O/c1-3-18-56(54(16-1)46-29-33-48(34-30-46)64-24-9-12-39-70-64)51-42-52(57-19-4-2-17-55(57)47-31-35-49(36-32-47)65-25-10-13-40-71-65)44-53(43-51)58-20-5-6-21-59(58)60-38-37-50(66-26-11-14-41-72-66)45-63(60)61-23-15-28-68-69(61)62-22-7-8-27-67(62)73-68/h1-45H. The molecule has 342 valence electrons. The number of fused-ring (bicyclic) bond motifs is 3. The molecule has 0 bridgehead atoms. The van der Waals surface area contributed by atoms with E-state index in [0.717, 1.165) is 134 Å². The molecule has 0 amide bonds. The van der Waals surface area contributed by atoms with Crippen LogP contribution in [0.3, 0.4) is 0 Å². The third kappa shape index (κ3) is 8.27. The number of nitrogens with zero attached hydrogens (tertiary/aromatic N) is 3. The topological polar surface area (TPSA) is 51.8 Å². The molecule has 73 heavy (non-hydrogen) atoms. The fourth-order valence-electron chi connectivity index (χ4n) is 10.4. The Labute approximate surface area is 424 Å². The van der Waals surface area contributed by atoms with Gasteiger partial charge in [-0.1, -0.05) is 182 Å². The summed E-state index contributed by atoms with van der Waals surface area (Å²) in [4.78, 5) is 14.0. The van der Waals surface area contributed by atoms with Gasteiger partial charge in [0.05, 0.1) is 17.1 Å². The molecule has 9 aromatic carbocycles. The average Bonchev–Trinajstić information content (AvgIpc) is 3.87. The zero-order valence-corrected chi connectivity index (χ0v) is 39.7. The van der Waals surface area contributed by atoms with Gasteiger partial charge in [0.1, 0.15) is 11.2 Å². The third-order valence-corrected chi connectivity index (χ3v) is 13.9. The van der Waals surface area contributed by atoms with Crippen LogP contribution in [-0.2, 0) is 0 Å². The zero-order chi connectivity index (χ0) is 48.5. The molecular formula is C69H45N3O. The SMILES string of the molecule is c1ccc(-c2ccc(-c3ccccc3-c3cc(-c4ccccc4-c4ccc(-c5ccccn5)cc4)cc(-c4ccccc4-c4ccc(-c5ccccn5)cc4-c4cccc5oc6ccccc6c45)c3)cc2)nc1. The van der Waals surface area contributed by atoms with Crippen LogP contribution in [0.25, 0.3) is 134 Å². The molecule has 0 aliphatic rings. The Hall–Kier alpha value is -9.77. The number of hydrogen-bond acceptors (Lipinski definition) is 4. The van der Waals surface area contributed by atoms with Crippen molar-refractivity contribution in [1.82, 2.24) is 15.0 Å². The first-order chi connectivity index (χ1) is 36.2. The summed E-state index contributed by atoms with van der Waals surface area (Å²) >= 11 is 0. The molecule has 13 aromatic rings. The van der Waals surface area contributed by atoms with Gasteiger partial charge in [0, 0.05) is 46.1 Å². The molecule has 0 aliphatic carbocycles. The minimum absolute atomic E-state index is 0.855. The van der Waals surface area contributed by atoms with Crippen LogP contribution in [0.15, 0.2) is 278 Å². The van der Waals surface area contributed by atoms with Gasteiger partial charge in [0.15, 0.2) is 0 Å². The van der Waals surface area contributed by atoms with Crippen molar-refractivity contribution in [3.8, 4) is 112 Å². The smallest absolute Gasteiger partial charge is 0.136 e. The molecule has 0 radical (unpaired) electrons. The van der Waals surface area contributed by atoms with Crippen molar-refractivity contribution in [3.05, 3.63) is 273 Å². The van der Waals surface area contributed by atoms with Crippen LogP contribution < -0.4 is 0 Å². The average molecular weight is 932 g/mol. The van der Waals surface area contributed by atoms with Crippen molar-refractivity contribution >= 4 is 21.9 Å². The first kappa shape index (κ1) is 43.3. The van der Waals surface area contributed by atoms with Gasteiger partial charge in [0.25, 0.3) is 0 Å². The summed E-state index contributed by atoms with van der Waals surface area (Å²) in [5.74, 6) is 0. The van der Waals surface area contributed by atoms with Gasteiger partial charge in [0.2, 0.25) is 0 Å². The minimum atomic E-state index is 0.855. The van der Waals surface area contributed by atoms with E-state index in [-0.39, 0.29) is 0 Å². The van der Waals surface area contributed by atoms with E-state index in [1.165, 1.54) is 0 Å². The molecule has 0 fully saturated rings. The van der Waals surface area contributed by atoms with Crippen LogP contribution >= 0.6 is 0 Å². The van der Waals surface area contributed by atoms with Crippen molar-refractivity contribution < 1.29 is 4.42 Å². The number of benzene rings is 9. The van der Waals surface area contributed by atoms with Crippen LogP contribution in [0.4, 0.5) is 0 Å². The van der Waals surface area contributed by atoms with Gasteiger partial charge in [-0.05, 0) is 151 Å². The van der Waals surface area contributed by atoms with Crippen LogP contribution in [0, 0.1) is 0 Å². The Morgan fingerprint density at radius 2 is 0.589 bits per heavy atom. The highest BCUT2D eigenvalue weighted by Crippen LogP contribution is 2.47. The number of aromatic nitrogens is 3. The van der Waals surface area contributed by atoms with Gasteiger partial charge in [-0.2, -0.15) is 0 Å². The lowest BCUT2D eigenvalue weighted by molar-refractivity contribution is 0.669. The number of para-hydroxylation sites is 1. The summed E-state index contributed by atoms with van der Waals surface area (Å²) in [6.07, 6.45) is 5.55. The molecule has 0 aliphatic heterocycles. The maximum Gasteiger partial charge on any atom is 0.136 e. The largest absolute Gasteiger partial charge is 0.456 e. The first-order valence-electron chi connectivity index (χ1n) is 24.6. The molecule has 13 rings (SSSR count). The van der Waals surface area contributed by atoms with E-state index in [0.29, 0.717) is 0 Å². The maximum absolute atomic E-state index is 6.50. The summed E-state index contributed by atoms with van der Waals surface area (Å²) < 4.78 is 6.50. The Bertz CT molecular complexity index is 3960. The fourth-order valence-corrected chi connectivity index (χ4v) is 10.4. The zero-order valence-electron chi connectivity index (χ0n) is 39.7. The van der Waals surface area contributed by atoms with E-state index < -0.39 is 0 Å². The molecule has 0 atom stereocenters. The lowest BCUT2D eigenvalue weighted by atomic mass is 9.84. The summed E-state index contributed by atoms with van der Waals surface area (Å²) in [7, 11) is 0. The lowest BCUT2D eigenvalue weighted by Crippen LogP contribution is -1.94. The number of furan rings is 1. The maximum atomic E-state index is 6.50. The summed E-state index contributed by atoms with van der Waals surface area (Å²) in [6, 6.07) is 90.7. The van der Waals surface area contributed by atoms with E-state index in [1.807, 2.05) is 61.1 Å². The number of pyridine rings is 3. The molecule has 4 heteroatoms. The molecule has 4 nitrogen and oxygen atoms in total. The highest BCUT2D eigenvalue weighted by molar-refractivity contribution is 6.14. The molecule has 0 saturated heterocycles. The molecule has 4 heterocycles. The molecular weight excluding hydrogens is 887 g/mol. The van der Waals surface area contributed by atoms with Crippen LogP contribution in [0.1, 0.15) is 0 Å². The second kappa shape index (κ2) is 18.9. The first-order valence-corrected chi connectivity index (χ1v) is 24.6. The molecule has 0 saturated carbocycles. The second-order valence-corrected chi connectivity index (χ2v) is 18.3. The predicted octanol–water partition coefficient (Wildman–Crippen LogP) is 18.4. The molecule has 4 aromatic heterocycles. The Morgan fingerprint density at radius 1 is 0.219 bits per heavy atom. The molecule has 0 unspecified atom stereocenters. The van der Waals surface area contributed by atoms with Gasteiger partial charge < -0.3 is 4.42 Å². The van der Waals surface area contributed by atoms with Crippen molar-refractivity contribution in [2.24, 2.45) is 0 Å². The van der Waals surface area contributed by atoms with Crippen molar-refractivity contribution in [1.29, 1.82) is 0 Å². The predicted molar refractivity (Wildman–Crippen MR) is 301 cm³/mol. The third-order valence-electron chi connectivity index (χ3n) is 13.9. The van der Waals surface area contributed by atoms with E-state index in [9.17, 15) is 0 Å². The minimum Gasteiger partial charge on any atom is -0.456 e. The second-order valence-electron chi connectivity index (χ2n) is 18.3. The van der Waals surface area contributed by atoms with Gasteiger partial charge in [-0.15, -0.1) is 0 Å². The molecule has 0 spiro atoms. The Kier molecular flexibility index (Phi) is 11.2. The van der Waals surface area contributed by atoms with E-state index in [1.54, 1.807) is 0 Å². The highest BCUT2D eigenvalue weighted by Gasteiger charge is 2.21. The Morgan fingerprint density at radius 3 is 1.10 bits per heavy atom. The summed E-state index contributed by atoms with van der Waals surface area (Å²) in [6.45, 7) is 0.